The van der Waals surface area contributed by atoms with E-state index < -0.39 is 10.0 Å². The highest BCUT2D eigenvalue weighted by molar-refractivity contribution is 7.89. The van der Waals surface area contributed by atoms with Gasteiger partial charge in [0.1, 0.15) is 5.82 Å². The summed E-state index contributed by atoms with van der Waals surface area (Å²) in [6.07, 6.45) is 5.32. The average molecular weight is 397 g/mol. The molecule has 0 fully saturated rings. The quantitative estimate of drug-likeness (QED) is 0.670. The highest BCUT2D eigenvalue weighted by Crippen LogP contribution is 2.34. The fourth-order valence-corrected chi connectivity index (χ4v) is 4.81. The number of nitrogens with one attached hydrogen (secondary N) is 2. The van der Waals surface area contributed by atoms with Gasteiger partial charge in [0.05, 0.1) is 11.4 Å². The van der Waals surface area contributed by atoms with E-state index >= 15 is 0 Å². The van der Waals surface area contributed by atoms with Crippen LogP contribution in [-0.4, -0.2) is 18.0 Å². The van der Waals surface area contributed by atoms with Crippen LogP contribution in [0.15, 0.2) is 59.8 Å². The summed E-state index contributed by atoms with van der Waals surface area (Å²) in [5.74, 6) is 0.942. The molecule has 0 spiro atoms. The van der Waals surface area contributed by atoms with E-state index in [4.69, 9.17) is 0 Å². The molecule has 4 rings (SSSR count). The lowest BCUT2D eigenvalue weighted by atomic mass is 10.1. The van der Waals surface area contributed by atoms with Crippen LogP contribution in [0.2, 0.25) is 0 Å². The zero-order chi connectivity index (χ0) is 19.7. The summed E-state index contributed by atoms with van der Waals surface area (Å²) < 4.78 is 30.4. The van der Waals surface area contributed by atoms with E-state index in [2.05, 4.69) is 21.1 Å². The Hall–Kier alpha value is -2.64. The van der Waals surface area contributed by atoms with Crippen molar-refractivity contribution in [3.05, 3.63) is 77.4 Å². The lowest BCUT2D eigenvalue weighted by Crippen LogP contribution is -2.27. The Balaban J connectivity index is 1.51. The van der Waals surface area contributed by atoms with Gasteiger partial charge in [0.25, 0.3) is 0 Å². The van der Waals surface area contributed by atoms with Crippen molar-refractivity contribution < 1.29 is 8.42 Å². The minimum absolute atomic E-state index is 0.212. The fraction of sp³-hybridized carbons (Fsp3) is 0.286. The molecule has 146 valence electrons. The third kappa shape index (κ3) is 3.81. The molecule has 1 aliphatic carbocycles. The summed E-state index contributed by atoms with van der Waals surface area (Å²) in [4.78, 5) is 4.62. The molecule has 0 saturated heterocycles. The smallest absolute Gasteiger partial charge is 0.241 e. The summed E-state index contributed by atoms with van der Waals surface area (Å²) >= 11 is 0. The van der Waals surface area contributed by atoms with Crippen LogP contribution in [0.1, 0.15) is 35.0 Å². The van der Waals surface area contributed by atoms with E-state index in [0.717, 1.165) is 35.5 Å². The molecule has 3 aromatic rings. The second-order valence-corrected chi connectivity index (χ2v) is 8.96. The number of sulfonamides is 1. The van der Waals surface area contributed by atoms with Gasteiger partial charge in [-0.15, -0.1) is 0 Å². The maximum absolute atomic E-state index is 12.8. The van der Waals surface area contributed by atoms with Crippen LogP contribution in [0.5, 0.6) is 0 Å². The molecule has 1 aromatic heterocycles. The standard InChI is InChI=1S/C21H24N4O2S/c1-15-3-8-18(9-4-15)28(26,27)24-20-10-6-16-5-7-17(13-19(16)20)23-14-21-22-11-12-25(21)2/h3-5,7-9,11-13,20,23-24H,6,10,14H2,1-2H3. The number of aryl methyl sites for hydroxylation is 3. The third-order valence-corrected chi connectivity index (χ3v) is 6.71. The fourth-order valence-electron chi connectivity index (χ4n) is 3.56. The predicted octanol–water partition coefficient (Wildman–Crippen LogP) is 3.31. The third-order valence-electron chi connectivity index (χ3n) is 5.22. The molecule has 2 aromatic carbocycles. The molecule has 0 bridgehead atoms. The number of aromatic nitrogens is 2. The van der Waals surface area contributed by atoms with Gasteiger partial charge in [0, 0.05) is 31.2 Å². The average Bonchev–Trinajstić information content (AvgIpc) is 3.26. The Bertz CT molecular complexity index is 1090. The lowest BCUT2D eigenvalue weighted by molar-refractivity contribution is 0.554. The van der Waals surface area contributed by atoms with E-state index in [0.29, 0.717) is 11.4 Å². The number of hydrogen-bond donors (Lipinski definition) is 2. The molecule has 7 heteroatoms. The van der Waals surface area contributed by atoms with Crippen molar-refractivity contribution in [3.63, 3.8) is 0 Å². The number of anilines is 1. The van der Waals surface area contributed by atoms with E-state index in [1.165, 1.54) is 5.56 Å². The van der Waals surface area contributed by atoms with E-state index in [9.17, 15) is 8.42 Å². The van der Waals surface area contributed by atoms with Crippen molar-refractivity contribution in [3.8, 4) is 0 Å². The second kappa shape index (κ2) is 7.41. The summed E-state index contributed by atoms with van der Waals surface area (Å²) in [6.45, 7) is 2.55. The molecule has 0 amide bonds. The number of imidazole rings is 1. The van der Waals surface area contributed by atoms with Gasteiger partial charge in [0.15, 0.2) is 0 Å². The van der Waals surface area contributed by atoms with Crippen LogP contribution >= 0.6 is 0 Å². The number of rotatable bonds is 6. The van der Waals surface area contributed by atoms with Crippen LogP contribution < -0.4 is 10.0 Å². The van der Waals surface area contributed by atoms with Gasteiger partial charge in [-0.1, -0.05) is 23.8 Å². The maximum atomic E-state index is 12.8. The first-order valence-electron chi connectivity index (χ1n) is 9.34. The summed E-state index contributed by atoms with van der Waals surface area (Å²) in [7, 11) is -1.59. The molecule has 6 nitrogen and oxygen atoms in total. The number of hydrogen-bond acceptors (Lipinski definition) is 4. The largest absolute Gasteiger partial charge is 0.378 e. The first kappa shape index (κ1) is 18.7. The van der Waals surface area contributed by atoms with Crippen LogP contribution in [0, 0.1) is 6.92 Å². The number of fused-ring (bicyclic) bond motifs is 1. The molecule has 2 N–H and O–H groups in total. The van der Waals surface area contributed by atoms with Crippen LogP contribution in [0.4, 0.5) is 5.69 Å². The van der Waals surface area contributed by atoms with Gasteiger partial charge in [-0.05, 0) is 55.2 Å². The number of benzene rings is 2. The minimum atomic E-state index is -3.55. The monoisotopic (exact) mass is 396 g/mol. The maximum Gasteiger partial charge on any atom is 0.241 e. The Morgan fingerprint density at radius 3 is 2.68 bits per heavy atom. The molecule has 0 radical (unpaired) electrons. The van der Waals surface area contributed by atoms with E-state index in [1.807, 2.05) is 49.0 Å². The van der Waals surface area contributed by atoms with Crippen molar-refractivity contribution in [2.24, 2.45) is 7.05 Å². The first-order chi connectivity index (χ1) is 13.4. The van der Waals surface area contributed by atoms with Gasteiger partial charge in [-0.25, -0.2) is 18.1 Å². The molecular weight excluding hydrogens is 372 g/mol. The zero-order valence-corrected chi connectivity index (χ0v) is 16.8. The van der Waals surface area contributed by atoms with Crippen molar-refractivity contribution in [1.82, 2.24) is 14.3 Å². The van der Waals surface area contributed by atoms with Crippen LogP contribution in [-0.2, 0) is 30.0 Å². The van der Waals surface area contributed by atoms with Crippen LogP contribution in [0.3, 0.4) is 0 Å². The normalized spacial score (nSPS) is 16.1. The second-order valence-electron chi connectivity index (χ2n) is 7.25. The Labute approximate surface area is 165 Å². The molecule has 1 atom stereocenters. The SMILES string of the molecule is Cc1ccc(S(=O)(=O)NC2CCc3ccc(NCc4nccn4C)cc32)cc1. The summed E-state index contributed by atoms with van der Waals surface area (Å²) in [6, 6.07) is 12.9. The highest BCUT2D eigenvalue weighted by Gasteiger charge is 2.27. The molecule has 0 saturated carbocycles. The molecule has 1 aliphatic rings. The lowest BCUT2D eigenvalue weighted by Gasteiger charge is -2.16. The topological polar surface area (TPSA) is 76.0 Å². The molecule has 0 aliphatic heterocycles. The zero-order valence-electron chi connectivity index (χ0n) is 16.0. The molecule has 1 heterocycles. The van der Waals surface area contributed by atoms with Gasteiger partial charge in [-0.2, -0.15) is 0 Å². The molecule has 28 heavy (non-hydrogen) atoms. The van der Waals surface area contributed by atoms with Crippen molar-refractivity contribution >= 4 is 15.7 Å². The van der Waals surface area contributed by atoms with Gasteiger partial charge >= 0.3 is 0 Å². The van der Waals surface area contributed by atoms with E-state index in [1.54, 1.807) is 18.3 Å². The van der Waals surface area contributed by atoms with Gasteiger partial charge in [-0.3, -0.25) is 0 Å². The Morgan fingerprint density at radius 1 is 1.18 bits per heavy atom. The predicted molar refractivity (Wildman–Crippen MR) is 110 cm³/mol. The highest BCUT2D eigenvalue weighted by atomic mass is 32.2. The van der Waals surface area contributed by atoms with Crippen molar-refractivity contribution in [2.75, 3.05) is 5.32 Å². The summed E-state index contributed by atoms with van der Waals surface area (Å²) in [5, 5.41) is 3.38. The molecule has 1 unspecified atom stereocenters. The van der Waals surface area contributed by atoms with E-state index in [-0.39, 0.29) is 6.04 Å². The molecular formula is C21H24N4O2S. The number of nitrogens with zero attached hydrogens (tertiary/aromatic N) is 2. The van der Waals surface area contributed by atoms with Gasteiger partial charge in [0.2, 0.25) is 10.0 Å². The Kier molecular flexibility index (Phi) is 4.95. The van der Waals surface area contributed by atoms with Crippen molar-refractivity contribution in [1.29, 1.82) is 0 Å². The minimum Gasteiger partial charge on any atom is -0.378 e. The van der Waals surface area contributed by atoms with Crippen molar-refractivity contribution in [2.45, 2.75) is 37.2 Å². The van der Waals surface area contributed by atoms with Crippen LogP contribution in [0.25, 0.3) is 0 Å². The summed E-state index contributed by atoms with van der Waals surface area (Å²) in [5.41, 5.74) is 4.23. The van der Waals surface area contributed by atoms with Gasteiger partial charge < -0.3 is 9.88 Å². The first-order valence-corrected chi connectivity index (χ1v) is 10.8. The Morgan fingerprint density at radius 2 is 1.96 bits per heavy atom.